The summed E-state index contributed by atoms with van der Waals surface area (Å²) in [7, 11) is 0. The molecule has 0 radical (unpaired) electrons. The van der Waals surface area contributed by atoms with Crippen LogP contribution in [0, 0.1) is 0 Å². The van der Waals surface area contributed by atoms with E-state index in [1.165, 1.54) is 77.0 Å². The Balaban J connectivity index is 3.07. The quantitative estimate of drug-likeness (QED) is 0.245. The first-order chi connectivity index (χ1) is 11.3. The fourth-order valence-corrected chi connectivity index (χ4v) is 2.74. The molecule has 2 N–H and O–H groups in total. The minimum atomic E-state index is -0.670. The van der Waals surface area contributed by atoms with Crippen molar-refractivity contribution in [1.29, 1.82) is 0 Å². The summed E-state index contributed by atoms with van der Waals surface area (Å²) in [6, 6.07) is 0. The van der Waals surface area contributed by atoms with E-state index in [0.29, 0.717) is 13.0 Å². The van der Waals surface area contributed by atoms with Crippen molar-refractivity contribution in [1.82, 2.24) is 0 Å². The van der Waals surface area contributed by atoms with Gasteiger partial charge in [0, 0.05) is 13.0 Å². The van der Waals surface area contributed by atoms with Gasteiger partial charge in [-0.05, 0) is 38.5 Å². The molecule has 0 aromatic heterocycles. The first-order valence-corrected chi connectivity index (χ1v) is 9.75. The zero-order valence-electron chi connectivity index (χ0n) is 15.0. The summed E-state index contributed by atoms with van der Waals surface area (Å²) in [5.41, 5.74) is 0. The standard InChI is InChI=1S/C20H38O3/c21-19-17-15-13-11-9-7-5-3-1-2-4-6-8-10-12-14-16-18-20(22)23/h1-2,21H,3-19H2,(H,22,23)/b2-1-. The molecule has 0 saturated carbocycles. The molecule has 3 heteroatoms. The highest BCUT2D eigenvalue weighted by molar-refractivity contribution is 5.66. The van der Waals surface area contributed by atoms with Crippen LogP contribution in [0.5, 0.6) is 0 Å². The van der Waals surface area contributed by atoms with E-state index in [2.05, 4.69) is 12.2 Å². The summed E-state index contributed by atoms with van der Waals surface area (Å²) >= 11 is 0. The molecule has 0 aliphatic rings. The number of hydrogen-bond donors (Lipinski definition) is 2. The van der Waals surface area contributed by atoms with E-state index in [1.54, 1.807) is 0 Å². The Hall–Kier alpha value is -0.830. The molecule has 0 aromatic rings. The summed E-state index contributed by atoms with van der Waals surface area (Å²) in [5, 5.41) is 17.2. The van der Waals surface area contributed by atoms with Gasteiger partial charge in [0.1, 0.15) is 0 Å². The van der Waals surface area contributed by atoms with E-state index in [0.717, 1.165) is 19.3 Å². The van der Waals surface area contributed by atoms with Crippen molar-refractivity contribution in [2.75, 3.05) is 6.61 Å². The third-order valence-electron chi connectivity index (χ3n) is 4.21. The minimum absolute atomic E-state index is 0.325. The third-order valence-corrected chi connectivity index (χ3v) is 4.21. The van der Waals surface area contributed by atoms with Crippen LogP contribution in [0.4, 0.5) is 0 Å². The number of aliphatic hydroxyl groups is 1. The number of aliphatic hydroxyl groups excluding tert-OH is 1. The van der Waals surface area contributed by atoms with Crippen LogP contribution in [0.25, 0.3) is 0 Å². The van der Waals surface area contributed by atoms with Crippen molar-refractivity contribution >= 4 is 5.97 Å². The Morgan fingerprint density at radius 2 is 1.00 bits per heavy atom. The van der Waals surface area contributed by atoms with Crippen LogP contribution in [0.15, 0.2) is 12.2 Å². The van der Waals surface area contributed by atoms with E-state index >= 15 is 0 Å². The number of carbonyl (C=O) groups is 1. The maximum absolute atomic E-state index is 10.4. The lowest BCUT2D eigenvalue weighted by atomic mass is 10.1. The molecule has 136 valence electrons. The zero-order valence-corrected chi connectivity index (χ0v) is 15.0. The number of unbranched alkanes of at least 4 members (excludes halogenated alkanes) is 13. The average molecular weight is 327 g/mol. The van der Waals surface area contributed by atoms with E-state index in [1.807, 2.05) is 0 Å². The van der Waals surface area contributed by atoms with Crippen molar-refractivity contribution in [3.63, 3.8) is 0 Å². The summed E-state index contributed by atoms with van der Waals surface area (Å²) in [6.45, 7) is 0.343. The monoisotopic (exact) mass is 326 g/mol. The fraction of sp³-hybridized carbons (Fsp3) is 0.850. The van der Waals surface area contributed by atoms with E-state index in [4.69, 9.17) is 10.2 Å². The molecular formula is C20H38O3. The normalized spacial score (nSPS) is 11.3. The van der Waals surface area contributed by atoms with Crippen LogP contribution < -0.4 is 0 Å². The molecule has 0 spiro atoms. The SMILES string of the molecule is O=C(O)CCCCCCCC/C=C\CCCCCCCCCO. The van der Waals surface area contributed by atoms with Crippen molar-refractivity contribution in [3.8, 4) is 0 Å². The Kier molecular flexibility index (Phi) is 18.5. The van der Waals surface area contributed by atoms with Crippen LogP contribution in [0.1, 0.15) is 103 Å². The first-order valence-electron chi connectivity index (χ1n) is 9.75. The second-order valence-electron chi connectivity index (χ2n) is 6.51. The highest BCUT2D eigenvalue weighted by Gasteiger charge is 1.96. The van der Waals surface area contributed by atoms with E-state index in [9.17, 15) is 4.79 Å². The predicted octanol–water partition coefficient (Wildman–Crippen LogP) is 5.86. The Bertz CT molecular complexity index is 274. The van der Waals surface area contributed by atoms with Crippen LogP contribution in [0.2, 0.25) is 0 Å². The average Bonchev–Trinajstić information content (AvgIpc) is 2.53. The lowest BCUT2D eigenvalue weighted by Gasteiger charge is -2.00. The third kappa shape index (κ3) is 21.2. The summed E-state index contributed by atoms with van der Waals surface area (Å²) < 4.78 is 0. The molecule has 23 heavy (non-hydrogen) atoms. The number of allylic oxidation sites excluding steroid dienone is 2. The Morgan fingerprint density at radius 3 is 1.43 bits per heavy atom. The van der Waals surface area contributed by atoms with Crippen molar-refractivity contribution in [2.24, 2.45) is 0 Å². The van der Waals surface area contributed by atoms with Gasteiger partial charge in [-0.3, -0.25) is 4.79 Å². The Labute approximate surface area is 143 Å². The van der Waals surface area contributed by atoms with Gasteiger partial charge >= 0.3 is 5.97 Å². The minimum Gasteiger partial charge on any atom is -0.481 e. The van der Waals surface area contributed by atoms with E-state index in [-0.39, 0.29) is 0 Å². The molecule has 0 fully saturated rings. The van der Waals surface area contributed by atoms with Gasteiger partial charge in [0.15, 0.2) is 0 Å². The molecular weight excluding hydrogens is 288 g/mol. The van der Waals surface area contributed by atoms with Gasteiger partial charge in [-0.2, -0.15) is 0 Å². The fourth-order valence-electron chi connectivity index (χ4n) is 2.74. The molecule has 0 heterocycles. The molecule has 0 bridgehead atoms. The summed E-state index contributed by atoms with van der Waals surface area (Å²) in [6.07, 6.45) is 22.9. The second-order valence-corrected chi connectivity index (χ2v) is 6.51. The first kappa shape index (κ1) is 22.2. The predicted molar refractivity (Wildman–Crippen MR) is 97.7 cm³/mol. The summed E-state index contributed by atoms with van der Waals surface area (Å²) in [5.74, 6) is -0.670. The largest absolute Gasteiger partial charge is 0.481 e. The summed E-state index contributed by atoms with van der Waals surface area (Å²) in [4.78, 5) is 10.4. The van der Waals surface area contributed by atoms with Gasteiger partial charge < -0.3 is 10.2 Å². The van der Waals surface area contributed by atoms with Gasteiger partial charge in [-0.15, -0.1) is 0 Å². The van der Waals surface area contributed by atoms with Crippen LogP contribution in [0.3, 0.4) is 0 Å². The highest BCUT2D eigenvalue weighted by atomic mass is 16.4. The second kappa shape index (κ2) is 19.2. The number of aliphatic carboxylic acids is 1. The van der Waals surface area contributed by atoms with Gasteiger partial charge in [0.25, 0.3) is 0 Å². The topological polar surface area (TPSA) is 57.5 Å². The maximum Gasteiger partial charge on any atom is 0.303 e. The molecule has 0 saturated heterocycles. The van der Waals surface area contributed by atoms with Crippen molar-refractivity contribution in [2.45, 2.75) is 103 Å². The maximum atomic E-state index is 10.4. The van der Waals surface area contributed by atoms with Gasteiger partial charge in [0.2, 0.25) is 0 Å². The number of rotatable bonds is 18. The number of carboxylic acids is 1. The number of carboxylic acid groups (broad SMARTS) is 1. The molecule has 0 aromatic carbocycles. The van der Waals surface area contributed by atoms with Crippen LogP contribution in [-0.4, -0.2) is 22.8 Å². The van der Waals surface area contributed by atoms with Crippen LogP contribution >= 0.6 is 0 Å². The smallest absolute Gasteiger partial charge is 0.303 e. The van der Waals surface area contributed by atoms with E-state index < -0.39 is 5.97 Å². The zero-order chi connectivity index (χ0) is 17.0. The van der Waals surface area contributed by atoms with Crippen molar-refractivity contribution in [3.05, 3.63) is 12.2 Å². The Morgan fingerprint density at radius 1 is 0.609 bits per heavy atom. The molecule has 0 rings (SSSR count). The molecule has 0 aliphatic heterocycles. The van der Waals surface area contributed by atoms with Crippen LogP contribution in [-0.2, 0) is 4.79 Å². The molecule has 3 nitrogen and oxygen atoms in total. The van der Waals surface area contributed by atoms with Gasteiger partial charge in [-0.25, -0.2) is 0 Å². The molecule has 0 atom stereocenters. The molecule has 0 aliphatic carbocycles. The van der Waals surface area contributed by atoms with Gasteiger partial charge in [-0.1, -0.05) is 69.9 Å². The highest BCUT2D eigenvalue weighted by Crippen LogP contribution is 2.11. The molecule has 0 unspecified atom stereocenters. The van der Waals surface area contributed by atoms with Gasteiger partial charge in [0.05, 0.1) is 0 Å². The molecule has 0 amide bonds. The number of hydrogen-bond acceptors (Lipinski definition) is 2. The van der Waals surface area contributed by atoms with Crippen molar-refractivity contribution < 1.29 is 15.0 Å². The lowest BCUT2D eigenvalue weighted by Crippen LogP contribution is -1.93. The lowest BCUT2D eigenvalue weighted by molar-refractivity contribution is -0.137.